The van der Waals surface area contributed by atoms with Gasteiger partial charge in [-0.05, 0) is 49.7 Å². The van der Waals surface area contributed by atoms with Crippen LogP contribution < -0.4 is 5.32 Å². The van der Waals surface area contributed by atoms with Crippen LogP contribution in [0.3, 0.4) is 0 Å². The maximum atomic E-state index is 9.92. The van der Waals surface area contributed by atoms with Crippen molar-refractivity contribution in [3.63, 3.8) is 0 Å². The Kier molecular flexibility index (Phi) is 3.78. The van der Waals surface area contributed by atoms with Crippen molar-refractivity contribution in [2.45, 2.75) is 19.9 Å². The number of hydrogen-bond acceptors (Lipinski definition) is 2. The molecule has 2 aromatic carbocycles. The number of phenols is 1. The number of nitrogens with one attached hydrogen (secondary N) is 1. The highest BCUT2D eigenvalue weighted by atomic mass is 35.5. The van der Waals surface area contributed by atoms with E-state index in [1.807, 2.05) is 50.2 Å². The number of aromatic hydroxyl groups is 1. The minimum atomic E-state index is 0.0341. The largest absolute Gasteiger partial charge is 0.508 e. The van der Waals surface area contributed by atoms with Crippen molar-refractivity contribution in [2.24, 2.45) is 0 Å². The maximum absolute atomic E-state index is 9.92. The first-order chi connectivity index (χ1) is 8.56. The molecule has 2 nitrogen and oxygen atoms in total. The third kappa shape index (κ3) is 2.96. The molecule has 0 bridgehead atoms. The van der Waals surface area contributed by atoms with Gasteiger partial charge in [-0.25, -0.2) is 0 Å². The predicted octanol–water partition coefficient (Wildman–Crippen LogP) is 4.53. The second-order valence-electron chi connectivity index (χ2n) is 4.44. The zero-order valence-corrected chi connectivity index (χ0v) is 11.2. The minimum absolute atomic E-state index is 0.0341. The van der Waals surface area contributed by atoms with Gasteiger partial charge in [-0.2, -0.15) is 0 Å². The van der Waals surface area contributed by atoms with Crippen molar-refractivity contribution in [3.05, 3.63) is 58.6 Å². The Morgan fingerprint density at radius 1 is 1.11 bits per heavy atom. The number of halogens is 1. The molecule has 0 aliphatic rings. The van der Waals surface area contributed by atoms with Crippen molar-refractivity contribution in [1.29, 1.82) is 0 Å². The lowest BCUT2D eigenvalue weighted by Crippen LogP contribution is -2.06. The third-order valence-corrected chi connectivity index (χ3v) is 3.13. The standard InChI is InChI=1S/C15H16ClNO/c1-10-3-8-14(15(18)9-10)11(2)17-13-6-4-12(16)5-7-13/h3-9,11,17-18H,1-2H3. The zero-order chi connectivity index (χ0) is 13.1. The van der Waals surface area contributed by atoms with Crippen LogP contribution in [0.1, 0.15) is 24.1 Å². The van der Waals surface area contributed by atoms with Crippen molar-refractivity contribution in [1.82, 2.24) is 0 Å². The summed E-state index contributed by atoms with van der Waals surface area (Å²) in [6.45, 7) is 3.97. The highest BCUT2D eigenvalue weighted by Gasteiger charge is 2.10. The Bertz CT molecular complexity index is 537. The average molecular weight is 262 g/mol. The zero-order valence-electron chi connectivity index (χ0n) is 10.4. The molecule has 0 saturated heterocycles. The molecule has 2 N–H and O–H groups in total. The van der Waals surface area contributed by atoms with Gasteiger partial charge in [-0.15, -0.1) is 0 Å². The molecule has 2 rings (SSSR count). The lowest BCUT2D eigenvalue weighted by molar-refractivity contribution is 0.465. The molecule has 0 amide bonds. The van der Waals surface area contributed by atoms with Crippen LogP contribution in [-0.4, -0.2) is 5.11 Å². The first kappa shape index (κ1) is 12.8. The van der Waals surface area contributed by atoms with Gasteiger partial charge in [0.15, 0.2) is 0 Å². The lowest BCUT2D eigenvalue weighted by atomic mass is 10.0. The first-order valence-electron chi connectivity index (χ1n) is 5.88. The van der Waals surface area contributed by atoms with Crippen LogP contribution in [-0.2, 0) is 0 Å². The van der Waals surface area contributed by atoms with Crippen LogP contribution in [0.25, 0.3) is 0 Å². The summed E-state index contributed by atoms with van der Waals surface area (Å²) < 4.78 is 0. The molecular formula is C15H16ClNO. The molecule has 1 atom stereocenters. The fourth-order valence-corrected chi connectivity index (χ4v) is 2.02. The topological polar surface area (TPSA) is 32.3 Å². The molecule has 1 unspecified atom stereocenters. The first-order valence-corrected chi connectivity index (χ1v) is 6.25. The van der Waals surface area contributed by atoms with E-state index in [9.17, 15) is 5.11 Å². The second kappa shape index (κ2) is 5.32. The van der Waals surface area contributed by atoms with E-state index in [0.29, 0.717) is 10.8 Å². The molecular weight excluding hydrogens is 246 g/mol. The van der Waals surface area contributed by atoms with Gasteiger partial charge < -0.3 is 10.4 Å². The molecule has 18 heavy (non-hydrogen) atoms. The van der Waals surface area contributed by atoms with Gasteiger partial charge in [0.1, 0.15) is 5.75 Å². The molecule has 0 fully saturated rings. The van der Waals surface area contributed by atoms with Crippen LogP contribution in [0.15, 0.2) is 42.5 Å². The number of aryl methyl sites for hydroxylation is 1. The fraction of sp³-hybridized carbons (Fsp3) is 0.200. The summed E-state index contributed by atoms with van der Waals surface area (Å²) in [5.74, 6) is 0.323. The summed E-state index contributed by atoms with van der Waals surface area (Å²) in [5, 5.41) is 14.0. The summed E-state index contributed by atoms with van der Waals surface area (Å²) in [6.07, 6.45) is 0. The molecule has 0 heterocycles. The van der Waals surface area contributed by atoms with Crippen molar-refractivity contribution >= 4 is 17.3 Å². The van der Waals surface area contributed by atoms with Gasteiger partial charge in [0.25, 0.3) is 0 Å². The fourth-order valence-electron chi connectivity index (χ4n) is 1.89. The molecule has 0 aliphatic carbocycles. The van der Waals surface area contributed by atoms with E-state index < -0.39 is 0 Å². The molecule has 0 radical (unpaired) electrons. The van der Waals surface area contributed by atoms with Gasteiger partial charge in [0.05, 0.1) is 6.04 Å². The number of benzene rings is 2. The highest BCUT2D eigenvalue weighted by Crippen LogP contribution is 2.28. The third-order valence-electron chi connectivity index (χ3n) is 2.88. The van der Waals surface area contributed by atoms with E-state index >= 15 is 0 Å². The van der Waals surface area contributed by atoms with E-state index in [1.54, 1.807) is 6.07 Å². The smallest absolute Gasteiger partial charge is 0.121 e. The molecule has 94 valence electrons. The van der Waals surface area contributed by atoms with E-state index in [-0.39, 0.29) is 6.04 Å². The number of rotatable bonds is 3. The molecule has 0 aromatic heterocycles. The summed E-state index contributed by atoms with van der Waals surface area (Å²) in [4.78, 5) is 0. The minimum Gasteiger partial charge on any atom is -0.508 e. The van der Waals surface area contributed by atoms with Crippen LogP contribution in [0, 0.1) is 6.92 Å². The normalized spacial score (nSPS) is 12.2. The Labute approximate surface area is 112 Å². The Morgan fingerprint density at radius 2 is 1.78 bits per heavy atom. The maximum Gasteiger partial charge on any atom is 0.121 e. The van der Waals surface area contributed by atoms with E-state index in [1.165, 1.54) is 0 Å². The van der Waals surface area contributed by atoms with Crippen molar-refractivity contribution in [3.8, 4) is 5.75 Å². The van der Waals surface area contributed by atoms with E-state index in [0.717, 1.165) is 16.8 Å². The molecule has 0 spiro atoms. The van der Waals surface area contributed by atoms with E-state index in [2.05, 4.69) is 5.32 Å². The van der Waals surface area contributed by atoms with Gasteiger partial charge in [-0.1, -0.05) is 23.7 Å². The van der Waals surface area contributed by atoms with Gasteiger partial charge in [0.2, 0.25) is 0 Å². The van der Waals surface area contributed by atoms with Crippen LogP contribution in [0.2, 0.25) is 5.02 Å². The number of hydrogen-bond donors (Lipinski definition) is 2. The van der Waals surface area contributed by atoms with Crippen LogP contribution >= 0.6 is 11.6 Å². The monoisotopic (exact) mass is 261 g/mol. The van der Waals surface area contributed by atoms with E-state index in [4.69, 9.17) is 11.6 Å². The molecule has 0 aliphatic heterocycles. The Morgan fingerprint density at radius 3 is 2.39 bits per heavy atom. The molecule has 3 heteroatoms. The predicted molar refractivity (Wildman–Crippen MR) is 76.3 cm³/mol. The highest BCUT2D eigenvalue weighted by molar-refractivity contribution is 6.30. The van der Waals surface area contributed by atoms with Gasteiger partial charge in [-0.3, -0.25) is 0 Å². The molecule has 2 aromatic rings. The number of anilines is 1. The summed E-state index contributed by atoms with van der Waals surface area (Å²) in [6, 6.07) is 13.3. The molecule has 0 saturated carbocycles. The van der Waals surface area contributed by atoms with Gasteiger partial charge >= 0.3 is 0 Å². The second-order valence-corrected chi connectivity index (χ2v) is 4.87. The average Bonchev–Trinajstić information content (AvgIpc) is 2.32. The SMILES string of the molecule is Cc1ccc(C(C)Nc2ccc(Cl)cc2)c(O)c1. The Balaban J connectivity index is 2.16. The Hall–Kier alpha value is -1.67. The summed E-state index contributed by atoms with van der Waals surface area (Å²) >= 11 is 5.84. The van der Waals surface area contributed by atoms with Crippen molar-refractivity contribution < 1.29 is 5.11 Å². The lowest BCUT2D eigenvalue weighted by Gasteiger charge is -2.17. The van der Waals surface area contributed by atoms with Crippen LogP contribution in [0.4, 0.5) is 5.69 Å². The van der Waals surface area contributed by atoms with Gasteiger partial charge in [0, 0.05) is 16.3 Å². The number of phenolic OH excluding ortho intramolecular Hbond substituents is 1. The van der Waals surface area contributed by atoms with Crippen molar-refractivity contribution in [2.75, 3.05) is 5.32 Å². The quantitative estimate of drug-likeness (QED) is 0.851. The van der Waals surface area contributed by atoms with Crippen LogP contribution in [0.5, 0.6) is 5.75 Å². The summed E-state index contributed by atoms with van der Waals surface area (Å²) in [7, 11) is 0. The summed E-state index contributed by atoms with van der Waals surface area (Å²) in [5.41, 5.74) is 2.91.